The molecule has 0 aromatic heterocycles. The molecular formula is C13H12O. The van der Waals surface area contributed by atoms with Crippen molar-refractivity contribution in [1.29, 1.82) is 0 Å². The van der Waals surface area contributed by atoms with Gasteiger partial charge in [-0.05, 0) is 18.1 Å². The highest BCUT2D eigenvalue weighted by Crippen LogP contribution is 2.52. The molecular weight excluding hydrogens is 172 g/mol. The van der Waals surface area contributed by atoms with Crippen LogP contribution in [-0.4, -0.2) is 5.78 Å². The Morgan fingerprint density at radius 3 is 2.00 bits per heavy atom. The molecule has 1 aromatic carbocycles. The van der Waals surface area contributed by atoms with Gasteiger partial charge in [0.1, 0.15) is 5.78 Å². The van der Waals surface area contributed by atoms with Crippen LogP contribution in [0.15, 0.2) is 36.4 Å². The van der Waals surface area contributed by atoms with Gasteiger partial charge >= 0.3 is 0 Å². The number of allylic oxidation sites excluding steroid dienone is 2. The molecule has 1 aromatic rings. The number of rotatable bonds is 1. The van der Waals surface area contributed by atoms with Gasteiger partial charge in [-0.2, -0.15) is 0 Å². The largest absolute Gasteiger partial charge is 0.300 e. The summed E-state index contributed by atoms with van der Waals surface area (Å²) < 4.78 is 0. The van der Waals surface area contributed by atoms with E-state index in [1.54, 1.807) is 6.92 Å². The van der Waals surface area contributed by atoms with Crippen LogP contribution in [0.5, 0.6) is 0 Å². The molecule has 0 amide bonds. The van der Waals surface area contributed by atoms with Crippen LogP contribution < -0.4 is 0 Å². The number of Topliss-reactive ketones (excluding diaryl/α,β-unsaturated/α-hetero) is 1. The highest BCUT2D eigenvalue weighted by molar-refractivity contribution is 5.84. The summed E-state index contributed by atoms with van der Waals surface area (Å²) in [4.78, 5) is 11.5. The number of benzene rings is 1. The fraction of sp³-hybridized carbons (Fsp3) is 0.308. The molecule has 0 aliphatic heterocycles. The van der Waals surface area contributed by atoms with Crippen molar-refractivity contribution in [2.45, 2.75) is 18.8 Å². The summed E-state index contributed by atoms with van der Waals surface area (Å²) in [7, 11) is 0. The minimum Gasteiger partial charge on any atom is -0.300 e. The van der Waals surface area contributed by atoms with Crippen LogP contribution in [-0.2, 0) is 4.79 Å². The molecule has 2 aliphatic carbocycles. The van der Waals surface area contributed by atoms with Gasteiger partial charge in [0.15, 0.2) is 0 Å². The molecule has 0 fully saturated rings. The normalized spacial score (nSPS) is 31.9. The van der Waals surface area contributed by atoms with E-state index in [2.05, 4.69) is 36.4 Å². The summed E-state index contributed by atoms with van der Waals surface area (Å²) in [6, 6.07) is 8.42. The maximum Gasteiger partial charge on any atom is 0.134 e. The van der Waals surface area contributed by atoms with E-state index in [-0.39, 0.29) is 5.92 Å². The van der Waals surface area contributed by atoms with Gasteiger partial charge in [-0.15, -0.1) is 0 Å². The minimum absolute atomic E-state index is 0.187. The summed E-state index contributed by atoms with van der Waals surface area (Å²) >= 11 is 0. The Balaban J connectivity index is 2.15. The predicted octanol–water partition coefficient (Wildman–Crippen LogP) is 2.64. The Morgan fingerprint density at radius 2 is 1.57 bits per heavy atom. The quantitative estimate of drug-likeness (QED) is 0.613. The van der Waals surface area contributed by atoms with Crippen molar-refractivity contribution >= 4 is 5.78 Å². The van der Waals surface area contributed by atoms with Crippen LogP contribution in [0.2, 0.25) is 0 Å². The van der Waals surface area contributed by atoms with Crippen molar-refractivity contribution in [2.24, 2.45) is 5.92 Å². The zero-order chi connectivity index (χ0) is 9.71. The second-order valence-corrected chi connectivity index (χ2v) is 4.20. The van der Waals surface area contributed by atoms with E-state index >= 15 is 0 Å². The summed E-state index contributed by atoms with van der Waals surface area (Å²) in [5.74, 6) is 1.22. The Kier molecular flexibility index (Phi) is 1.46. The Morgan fingerprint density at radius 1 is 1.07 bits per heavy atom. The van der Waals surface area contributed by atoms with Crippen molar-refractivity contribution in [3.05, 3.63) is 47.5 Å². The summed E-state index contributed by atoms with van der Waals surface area (Å²) in [5, 5.41) is 0. The second kappa shape index (κ2) is 2.57. The van der Waals surface area contributed by atoms with Crippen LogP contribution in [0, 0.1) is 5.92 Å². The summed E-state index contributed by atoms with van der Waals surface area (Å²) in [6.07, 6.45) is 4.39. The number of fused-ring (bicyclic) bond motifs is 5. The van der Waals surface area contributed by atoms with Crippen molar-refractivity contribution < 1.29 is 4.79 Å². The van der Waals surface area contributed by atoms with E-state index in [4.69, 9.17) is 0 Å². The van der Waals surface area contributed by atoms with Gasteiger partial charge in [-0.25, -0.2) is 0 Å². The third-order valence-corrected chi connectivity index (χ3v) is 3.48. The van der Waals surface area contributed by atoms with Crippen LogP contribution in [0.3, 0.4) is 0 Å². The van der Waals surface area contributed by atoms with Gasteiger partial charge in [0.2, 0.25) is 0 Å². The fourth-order valence-corrected chi connectivity index (χ4v) is 2.92. The van der Waals surface area contributed by atoms with Crippen molar-refractivity contribution in [2.75, 3.05) is 0 Å². The molecule has 3 rings (SSSR count). The third kappa shape index (κ3) is 0.822. The van der Waals surface area contributed by atoms with Gasteiger partial charge in [-0.1, -0.05) is 36.4 Å². The maximum absolute atomic E-state index is 11.5. The van der Waals surface area contributed by atoms with Gasteiger partial charge in [0.25, 0.3) is 0 Å². The monoisotopic (exact) mass is 184 g/mol. The molecule has 1 heteroatoms. The Labute approximate surface area is 83.4 Å². The molecule has 1 unspecified atom stereocenters. The van der Waals surface area contributed by atoms with Crippen molar-refractivity contribution in [3.63, 3.8) is 0 Å². The summed E-state index contributed by atoms with van der Waals surface area (Å²) in [6.45, 7) is 1.71. The van der Waals surface area contributed by atoms with Crippen LogP contribution in [0.1, 0.15) is 29.9 Å². The highest BCUT2D eigenvalue weighted by atomic mass is 16.1. The first kappa shape index (κ1) is 7.98. The average Bonchev–Trinajstić information content (AvgIpc) is 2.73. The molecule has 0 saturated heterocycles. The lowest BCUT2D eigenvalue weighted by molar-refractivity contribution is -0.120. The number of carbonyl (C=O) groups is 1. The molecule has 0 heterocycles. The van der Waals surface area contributed by atoms with Gasteiger partial charge in [-0.3, -0.25) is 4.79 Å². The molecule has 70 valence electrons. The summed E-state index contributed by atoms with van der Waals surface area (Å²) in [5.41, 5.74) is 2.72. The zero-order valence-electron chi connectivity index (χ0n) is 8.10. The third-order valence-electron chi connectivity index (χ3n) is 3.48. The maximum atomic E-state index is 11.5. The molecule has 1 nitrogen and oxygen atoms in total. The van der Waals surface area contributed by atoms with Crippen LogP contribution in [0.4, 0.5) is 0 Å². The predicted molar refractivity (Wildman–Crippen MR) is 55.2 cm³/mol. The van der Waals surface area contributed by atoms with Gasteiger partial charge in [0, 0.05) is 17.8 Å². The number of ketones is 1. The minimum atomic E-state index is 0.187. The first-order chi connectivity index (χ1) is 6.79. The van der Waals surface area contributed by atoms with E-state index in [0.29, 0.717) is 17.6 Å². The van der Waals surface area contributed by atoms with Gasteiger partial charge < -0.3 is 0 Å². The second-order valence-electron chi connectivity index (χ2n) is 4.20. The number of hydrogen-bond acceptors (Lipinski definition) is 1. The first-order valence-corrected chi connectivity index (χ1v) is 5.06. The molecule has 2 aliphatic rings. The Bertz CT molecular complexity index is 398. The highest BCUT2D eigenvalue weighted by Gasteiger charge is 2.44. The van der Waals surface area contributed by atoms with Crippen molar-refractivity contribution in [3.8, 4) is 0 Å². The smallest absolute Gasteiger partial charge is 0.134 e. The van der Waals surface area contributed by atoms with E-state index in [0.717, 1.165) is 0 Å². The van der Waals surface area contributed by atoms with Crippen molar-refractivity contribution in [1.82, 2.24) is 0 Å². The number of hydrogen-bond donors (Lipinski definition) is 0. The molecule has 14 heavy (non-hydrogen) atoms. The lowest BCUT2D eigenvalue weighted by Gasteiger charge is -2.11. The number of carbonyl (C=O) groups excluding carboxylic acids is 1. The average molecular weight is 184 g/mol. The van der Waals surface area contributed by atoms with E-state index in [1.807, 2.05) is 0 Å². The van der Waals surface area contributed by atoms with Crippen LogP contribution >= 0.6 is 0 Å². The topological polar surface area (TPSA) is 17.1 Å². The molecule has 0 N–H and O–H groups in total. The van der Waals surface area contributed by atoms with Crippen LogP contribution in [0.25, 0.3) is 0 Å². The lowest BCUT2D eigenvalue weighted by Crippen LogP contribution is -2.14. The molecule has 3 atom stereocenters. The zero-order valence-corrected chi connectivity index (χ0v) is 8.10. The Hall–Kier alpha value is -1.37. The van der Waals surface area contributed by atoms with E-state index in [1.165, 1.54) is 11.1 Å². The molecule has 0 spiro atoms. The standard InChI is InChI=1S/C13H12O/c1-8(14)13-11-6-7-12(13)10-5-3-2-4-9(10)11/h2-7,11-13H,1H3/t11-,12+,13?. The van der Waals surface area contributed by atoms with E-state index in [9.17, 15) is 4.79 Å². The lowest BCUT2D eigenvalue weighted by atomic mass is 9.90. The van der Waals surface area contributed by atoms with E-state index < -0.39 is 0 Å². The molecule has 0 saturated carbocycles. The SMILES string of the molecule is CC(=O)C1[C@@H]2C=C[C@H]1c1ccccc12. The fourth-order valence-electron chi connectivity index (χ4n) is 2.92. The molecule has 0 radical (unpaired) electrons. The van der Waals surface area contributed by atoms with Gasteiger partial charge in [0.05, 0.1) is 0 Å². The molecule has 2 bridgehead atoms. The first-order valence-electron chi connectivity index (χ1n) is 5.06.